The zero-order valence-electron chi connectivity index (χ0n) is 12.0. The van der Waals surface area contributed by atoms with E-state index < -0.39 is 0 Å². The highest BCUT2D eigenvalue weighted by molar-refractivity contribution is 9.10. The fourth-order valence-corrected chi connectivity index (χ4v) is 3.11. The Bertz CT molecular complexity index is 377. The van der Waals surface area contributed by atoms with Gasteiger partial charge in [-0.05, 0) is 23.6 Å². The molecule has 0 saturated carbocycles. The van der Waals surface area contributed by atoms with E-state index in [1.165, 1.54) is 14.9 Å². The highest BCUT2D eigenvalue weighted by Crippen LogP contribution is 2.31. The Labute approximate surface area is 124 Å². The van der Waals surface area contributed by atoms with Gasteiger partial charge in [0.1, 0.15) is 0 Å². The quantitative estimate of drug-likeness (QED) is 0.730. The summed E-state index contributed by atoms with van der Waals surface area (Å²) in [5.41, 5.74) is 1.32. The van der Waals surface area contributed by atoms with Crippen LogP contribution in [0.5, 0.6) is 0 Å². The van der Waals surface area contributed by atoms with E-state index in [-0.39, 0.29) is 0 Å². The van der Waals surface area contributed by atoms with Crippen molar-refractivity contribution < 1.29 is 0 Å². The van der Waals surface area contributed by atoms with Crippen molar-refractivity contribution in [2.24, 2.45) is 5.92 Å². The Kier molecular flexibility index (Phi) is 6.75. The first-order valence-electron chi connectivity index (χ1n) is 6.58. The molecule has 1 rings (SSSR count). The van der Waals surface area contributed by atoms with Gasteiger partial charge in [-0.2, -0.15) is 0 Å². The van der Waals surface area contributed by atoms with Crippen molar-refractivity contribution in [2.75, 3.05) is 0 Å². The molecule has 0 spiro atoms. The third kappa shape index (κ3) is 5.33. The number of hydrogen-bond donors (Lipinski definition) is 1. The van der Waals surface area contributed by atoms with Gasteiger partial charge in [-0.15, -0.1) is 11.8 Å². The summed E-state index contributed by atoms with van der Waals surface area (Å²) < 4.78 is 1.21. The summed E-state index contributed by atoms with van der Waals surface area (Å²) in [6.07, 6.45) is 0. The number of hydrogen-bond acceptors (Lipinski definition) is 2. The fraction of sp³-hybridized carbons (Fsp3) is 0.600. The van der Waals surface area contributed by atoms with E-state index in [0.717, 1.165) is 6.54 Å². The van der Waals surface area contributed by atoms with Crippen molar-refractivity contribution in [2.45, 2.75) is 57.4 Å². The lowest BCUT2D eigenvalue weighted by molar-refractivity contribution is 0.587. The van der Waals surface area contributed by atoms with Crippen molar-refractivity contribution in [3.8, 4) is 0 Å². The monoisotopic (exact) mass is 329 g/mol. The lowest BCUT2D eigenvalue weighted by Gasteiger charge is -2.16. The van der Waals surface area contributed by atoms with Crippen molar-refractivity contribution in [1.82, 2.24) is 5.32 Å². The molecular weight excluding hydrogens is 306 g/mol. The van der Waals surface area contributed by atoms with Gasteiger partial charge in [-0.1, -0.05) is 56.6 Å². The summed E-state index contributed by atoms with van der Waals surface area (Å²) in [5, 5.41) is 4.09. The van der Waals surface area contributed by atoms with Crippen LogP contribution in [0, 0.1) is 5.92 Å². The molecule has 18 heavy (non-hydrogen) atoms. The molecule has 0 fully saturated rings. The molecule has 3 heteroatoms. The molecule has 102 valence electrons. The molecular formula is C15H24BrNS. The molecule has 0 heterocycles. The van der Waals surface area contributed by atoms with Gasteiger partial charge in [-0.25, -0.2) is 0 Å². The maximum absolute atomic E-state index is 3.67. The van der Waals surface area contributed by atoms with Gasteiger partial charge >= 0.3 is 0 Å². The van der Waals surface area contributed by atoms with Gasteiger partial charge < -0.3 is 5.32 Å². The van der Waals surface area contributed by atoms with Gasteiger partial charge in [0, 0.05) is 27.2 Å². The minimum atomic E-state index is 0.520. The first-order valence-corrected chi connectivity index (χ1v) is 8.26. The molecule has 1 aromatic rings. The van der Waals surface area contributed by atoms with Gasteiger partial charge in [-0.3, -0.25) is 0 Å². The second-order valence-corrected chi connectivity index (χ2v) is 7.66. The van der Waals surface area contributed by atoms with Gasteiger partial charge in [0.05, 0.1) is 0 Å². The maximum Gasteiger partial charge on any atom is 0.0231 e. The van der Waals surface area contributed by atoms with E-state index in [1.807, 2.05) is 11.8 Å². The highest BCUT2D eigenvalue weighted by atomic mass is 79.9. The van der Waals surface area contributed by atoms with E-state index in [9.17, 15) is 0 Å². The van der Waals surface area contributed by atoms with Gasteiger partial charge in [0.2, 0.25) is 0 Å². The van der Waals surface area contributed by atoms with Crippen molar-refractivity contribution in [3.05, 3.63) is 28.2 Å². The zero-order valence-corrected chi connectivity index (χ0v) is 14.4. The second kappa shape index (κ2) is 7.56. The van der Waals surface area contributed by atoms with E-state index in [4.69, 9.17) is 0 Å². The Balaban J connectivity index is 2.67. The molecule has 0 saturated heterocycles. The van der Waals surface area contributed by atoms with E-state index in [0.29, 0.717) is 17.2 Å². The first-order chi connectivity index (χ1) is 8.40. The molecule has 0 radical (unpaired) electrons. The van der Waals surface area contributed by atoms with Crippen molar-refractivity contribution in [3.63, 3.8) is 0 Å². The molecule has 0 aliphatic carbocycles. The summed E-state index contributed by atoms with van der Waals surface area (Å²) in [6, 6.07) is 7.20. The lowest BCUT2D eigenvalue weighted by Crippen LogP contribution is -2.21. The first kappa shape index (κ1) is 16.1. The molecule has 0 aliphatic rings. The molecule has 1 nitrogen and oxygen atoms in total. The minimum absolute atomic E-state index is 0.520. The predicted octanol–water partition coefficient (Wildman–Crippen LogP) is 5.08. The average Bonchev–Trinajstić information content (AvgIpc) is 2.27. The van der Waals surface area contributed by atoms with Crippen LogP contribution in [0.25, 0.3) is 0 Å². The maximum atomic E-state index is 3.67. The number of nitrogens with one attached hydrogen (secondary N) is 1. The molecule has 1 aromatic carbocycles. The van der Waals surface area contributed by atoms with E-state index in [1.54, 1.807) is 0 Å². The van der Waals surface area contributed by atoms with Gasteiger partial charge in [0.25, 0.3) is 0 Å². The second-order valence-electron chi connectivity index (χ2n) is 5.36. The van der Waals surface area contributed by atoms with E-state index in [2.05, 4.69) is 74.1 Å². The standard InChI is InChI=1S/C15H24BrNS/c1-10(2)12(5)18-14-7-6-13(15(16)8-14)9-17-11(3)4/h6-8,10-12,17H,9H2,1-5H3. The third-order valence-electron chi connectivity index (χ3n) is 2.99. The largest absolute Gasteiger partial charge is 0.310 e. The topological polar surface area (TPSA) is 12.0 Å². The molecule has 0 amide bonds. The molecule has 0 bridgehead atoms. The summed E-state index contributed by atoms with van der Waals surface area (Å²) in [5.74, 6) is 0.705. The number of halogens is 1. The molecule has 1 N–H and O–H groups in total. The Morgan fingerprint density at radius 2 is 1.83 bits per heavy atom. The average molecular weight is 330 g/mol. The van der Waals surface area contributed by atoms with Crippen molar-refractivity contribution >= 4 is 27.7 Å². The number of benzene rings is 1. The van der Waals surface area contributed by atoms with Crippen LogP contribution in [-0.4, -0.2) is 11.3 Å². The van der Waals surface area contributed by atoms with Crippen LogP contribution in [-0.2, 0) is 6.54 Å². The highest BCUT2D eigenvalue weighted by Gasteiger charge is 2.10. The van der Waals surface area contributed by atoms with Crippen molar-refractivity contribution in [1.29, 1.82) is 0 Å². The Morgan fingerprint density at radius 1 is 1.17 bits per heavy atom. The normalized spacial score (nSPS) is 13.3. The third-order valence-corrected chi connectivity index (χ3v) is 5.17. The summed E-state index contributed by atoms with van der Waals surface area (Å²) in [6.45, 7) is 12.1. The van der Waals surface area contributed by atoms with Crippen LogP contribution >= 0.6 is 27.7 Å². The van der Waals surface area contributed by atoms with E-state index >= 15 is 0 Å². The molecule has 0 aliphatic heterocycles. The van der Waals surface area contributed by atoms with Crippen LogP contribution < -0.4 is 5.32 Å². The molecule has 1 atom stereocenters. The van der Waals surface area contributed by atoms with Crippen LogP contribution in [0.1, 0.15) is 40.2 Å². The minimum Gasteiger partial charge on any atom is -0.310 e. The smallest absolute Gasteiger partial charge is 0.0231 e. The lowest BCUT2D eigenvalue weighted by atomic mass is 10.2. The van der Waals surface area contributed by atoms with Crippen LogP contribution in [0.2, 0.25) is 0 Å². The molecule has 1 unspecified atom stereocenters. The predicted molar refractivity (Wildman–Crippen MR) is 86.3 cm³/mol. The summed E-state index contributed by atoms with van der Waals surface area (Å²) in [4.78, 5) is 1.34. The fourth-order valence-electron chi connectivity index (χ4n) is 1.41. The molecule has 0 aromatic heterocycles. The Hall–Kier alpha value is 0.01000. The summed E-state index contributed by atoms with van der Waals surface area (Å²) in [7, 11) is 0. The van der Waals surface area contributed by atoms with Crippen LogP contribution in [0.3, 0.4) is 0 Å². The summed E-state index contributed by atoms with van der Waals surface area (Å²) >= 11 is 5.62. The zero-order chi connectivity index (χ0) is 13.7. The van der Waals surface area contributed by atoms with Crippen LogP contribution in [0.15, 0.2) is 27.6 Å². The van der Waals surface area contributed by atoms with Crippen LogP contribution in [0.4, 0.5) is 0 Å². The number of thioether (sulfide) groups is 1. The van der Waals surface area contributed by atoms with Gasteiger partial charge in [0.15, 0.2) is 0 Å². The SMILES string of the molecule is CC(C)NCc1ccc(SC(C)C(C)C)cc1Br. The Morgan fingerprint density at radius 3 is 2.33 bits per heavy atom. The number of rotatable bonds is 6.